The van der Waals surface area contributed by atoms with E-state index < -0.39 is 17.5 Å². The zero-order chi connectivity index (χ0) is 21.2. The van der Waals surface area contributed by atoms with Crippen molar-refractivity contribution < 1.29 is 19.2 Å². The van der Waals surface area contributed by atoms with Crippen molar-refractivity contribution >= 4 is 35.1 Å². The first-order valence-corrected chi connectivity index (χ1v) is 10.0. The topological polar surface area (TPSA) is 98.8 Å². The minimum atomic E-state index is -0.967. The molecule has 2 saturated heterocycles. The second-order valence-electron chi connectivity index (χ2n) is 8.33. The molecular formula is C21H28N4O4. The summed E-state index contributed by atoms with van der Waals surface area (Å²) >= 11 is 0. The van der Waals surface area contributed by atoms with Gasteiger partial charge in [-0.25, -0.2) is 4.79 Å². The van der Waals surface area contributed by atoms with Gasteiger partial charge in [0, 0.05) is 24.3 Å². The van der Waals surface area contributed by atoms with E-state index in [0.29, 0.717) is 31.0 Å². The van der Waals surface area contributed by atoms with E-state index in [9.17, 15) is 19.2 Å². The SMILES string of the molecule is CC(C)CC[C@@]1(C)NC(=O)N(CC(=O)Nc2ccc(N3CCCC3=O)cc2)C1=O. The van der Waals surface area contributed by atoms with Crippen LogP contribution in [0.2, 0.25) is 0 Å². The van der Waals surface area contributed by atoms with Gasteiger partial charge in [0.15, 0.2) is 0 Å². The third-order valence-electron chi connectivity index (χ3n) is 5.40. The third-order valence-corrected chi connectivity index (χ3v) is 5.40. The first kappa shape index (κ1) is 20.8. The minimum absolute atomic E-state index is 0.0980. The average molecular weight is 400 g/mol. The molecule has 2 aliphatic rings. The van der Waals surface area contributed by atoms with Crippen molar-refractivity contribution in [3.63, 3.8) is 0 Å². The van der Waals surface area contributed by atoms with Gasteiger partial charge in [-0.05, 0) is 56.4 Å². The van der Waals surface area contributed by atoms with Crippen LogP contribution in [0, 0.1) is 5.92 Å². The lowest BCUT2D eigenvalue weighted by Crippen LogP contribution is -2.44. The van der Waals surface area contributed by atoms with E-state index in [1.165, 1.54) is 0 Å². The molecule has 2 heterocycles. The standard InChI is InChI=1S/C21H28N4O4/c1-14(2)10-11-21(3)19(28)25(20(29)23-21)13-17(26)22-15-6-8-16(9-7-15)24-12-4-5-18(24)27/h6-9,14H,4-5,10-13H2,1-3H3,(H,22,26)(H,23,29)/t21-/m1/s1. The van der Waals surface area contributed by atoms with Gasteiger partial charge in [-0.15, -0.1) is 0 Å². The smallest absolute Gasteiger partial charge is 0.325 e. The molecule has 8 nitrogen and oxygen atoms in total. The van der Waals surface area contributed by atoms with E-state index in [4.69, 9.17) is 0 Å². The predicted molar refractivity (Wildman–Crippen MR) is 109 cm³/mol. The molecule has 1 atom stereocenters. The predicted octanol–water partition coefficient (Wildman–Crippen LogP) is 2.50. The number of benzene rings is 1. The van der Waals surface area contributed by atoms with E-state index in [2.05, 4.69) is 24.5 Å². The van der Waals surface area contributed by atoms with Gasteiger partial charge in [0.25, 0.3) is 5.91 Å². The number of amides is 5. The van der Waals surface area contributed by atoms with Crippen molar-refractivity contribution in [1.82, 2.24) is 10.2 Å². The van der Waals surface area contributed by atoms with Crippen molar-refractivity contribution in [3.8, 4) is 0 Å². The highest BCUT2D eigenvalue weighted by molar-refractivity contribution is 6.10. The molecule has 2 N–H and O–H groups in total. The summed E-state index contributed by atoms with van der Waals surface area (Å²) in [7, 11) is 0. The molecule has 2 aliphatic heterocycles. The van der Waals surface area contributed by atoms with Crippen LogP contribution in [0.4, 0.5) is 16.2 Å². The quantitative estimate of drug-likeness (QED) is 0.687. The second kappa shape index (κ2) is 8.23. The number of nitrogens with zero attached hydrogens (tertiary/aromatic N) is 2. The Balaban J connectivity index is 1.58. The molecule has 0 aliphatic carbocycles. The Morgan fingerprint density at radius 3 is 2.48 bits per heavy atom. The van der Waals surface area contributed by atoms with Gasteiger partial charge in [-0.1, -0.05) is 13.8 Å². The molecule has 29 heavy (non-hydrogen) atoms. The summed E-state index contributed by atoms with van der Waals surface area (Å²) < 4.78 is 0. The number of urea groups is 1. The van der Waals surface area contributed by atoms with Crippen molar-refractivity contribution in [2.45, 2.75) is 52.0 Å². The molecule has 0 bridgehead atoms. The van der Waals surface area contributed by atoms with Crippen molar-refractivity contribution in [1.29, 1.82) is 0 Å². The number of rotatable bonds is 7. The first-order chi connectivity index (χ1) is 13.7. The Morgan fingerprint density at radius 2 is 1.90 bits per heavy atom. The second-order valence-corrected chi connectivity index (χ2v) is 8.33. The van der Waals surface area contributed by atoms with Crippen LogP contribution in [0.3, 0.4) is 0 Å². The number of nitrogens with one attached hydrogen (secondary N) is 2. The largest absolute Gasteiger partial charge is 0.325 e. The van der Waals surface area contributed by atoms with Crippen LogP contribution >= 0.6 is 0 Å². The monoisotopic (exact) mass is 400 g/mol. The summed E-state index contributed by atoms with van der Waals surface area (Å²) in [4.78, 5) is 51.8. The maximum atomic E-state index is 12.7. The number of imide groups is 1. The highest BCUT2D eigenvalue weighted by Crippen LogP contribution is 2.25. The number of carbonyl (C=O) groups excluding carboxylic acids is 4. The van der Waals surface area contributed by atoms with E-state index in [1.54, 1.807) is 36.1 Å². The van der Waals surface area contributed by atoms with Crippen molar-refractivity contribution in [2.24, 2.45) is 5.92 Å². The lowest BCUT2D eigenvalue weighted by Gasteiger charge is -2.22. The maximum Gasteiger partial charge on any atom is 0.325 e. The first-order valence-electron chi connectivity index (χ1n) is 10.0. The number of carbonyl (C=O) groups is 4. The van der Waals surface area contributed by atoms with Crippen LogP contribution < -0.4 is 15.5 Å². The molecule has 2 fully saturated rings. The normalized spacial score (nSPS) is 21.9. The van der Waals surface area contributed by atoms with Crippen LogP contribution in [-0.2, 0) is 14.4 Å². The van der Waals surface area contributed by atoms with Gasteiger partial charge in [0.05, 0.1) is 0 Å². The Hall–Kier alpha value is -2.90. The van der Waals surface area contributed by atoms with E-state index in [0.717, 1.165) is 23.4 Å². The Kier molecular flexibility index (Phi) is 5.91. The summed E-state index contributed by atoms with van der Waals surface area (Å²) in [6, 6.07) is 6.42. The fourth-order valence-corrected chi connectivity index (χ4v) is 3.63. The highest BCUT2D eigenvalue weighted by atomic mass is 16.2. The van der Waals surface area contributed by atoms with Gasteiger partial charge < -0.3 is 15.5 Å². The lowest BCUT2D eigenvalue weighted by molar-refractivity contribution is -0.133. The Morgan fingerprint density at radius 1 is 1.21 bits per heavy atom. The summed E-state index contributed by atoms with van der Waals surface area (Å²) in [5, 5.41) is 5.42. The van der Waals surface area contributed by atoms with E-state index in [-0.39, 0.29) is 18.4 Å². The third kappa shape index (κ3) is 4.58. The molecule has 5 amide bonds. The number of hydrogen-bond donors (Lipinski definition) is 2. The fourth-order valence-electron chi connectivity index (χ4n) is 3.63. The molecule has 0 aromatic heterocycles. The van der Waals surface area contributed by atoms with Crippen LogP contribution in [0.5, 0.6) is 0 Å². The molecule has 3 rings (SSSR count). The van der Waals surface area contributed by atoms with Gasteiger partial charge in [-0.3, -0.25) is 19.3 Å². The van der Waals surface area contributed by atoms with Gasteiger partial charge >= 0.3 is 6.03 Å². The molecule has 1 aromatic rings. The molecule has 0 unspecified atom stereocenters. The van der Waals surface area contributed by atoms with Crippen LogP contribution in [0.15, 0.2) is 24.3 Å². The summed E-state index contributed by atoms with van der Waals surface area (Å²) in [6.45, 7) is 6.17. The Bertz CT molecular complexity index is 820. The number of anilines is 2. The summed E-state index contributed by atoms with van der Waals surface area (Å²) in [5.41, 5.74) is 0.367. The molecule has 0 spiro atoms. The molecule has 0 saturated carbocycles. The highest BCUT2D eigenvalue weighted by Gasteiger charge is 2.47. The van der Waals surface area contributed by atoms with E-state index in [1.807, 2.05) is 0 Å². The van der Waals surface area contributed by atoms with Gasteiger partial charge in [0.1, 0.15) is 12.1 Å². The van der Waals surface area contributed by atoms with Crippen LogP contribution in [0.25, 0.3) is 0 Å². The molecule has 1 aromatic carbocycles. The van der Waals surface area contributed by atoms with Crippen LogP contribution in [0.1, 0.15) is 46.5 Å². The fraction of sp³-hybridized carbons (Fsp3) is 0.524. The van der Waals surface area contributed by atoms with E-state index >= 15 is 0 Å². The summed E-state index contributed by atoms with van der Waals surface area (Å²) in [5.74, 6) is -0.318. The zero-order valence-electron chi connectivity index (χ0n) is 17.2. The molecule has 8 heteroatoms. The van der Waals surface area contributed by atoms with Gasteiger partial charge in [0.2, 0.25) is 11.8 Å². The average Bonchev–Trinajstić information content (AvgIpc) is 3.18. The van der Waals surface area contributed by atoms with Crippen molar-refractivity contribution in [3.05, 3.63) is 24.3 Å². The summed E-state index contributed by atoms with van der Waals surface area (Å²) in [6.07, 6.45) is 2.73. The lowest BCUT2D eigenvalue weighted by atomic mass is 9.92. The molecular weight excluding hydrogens is 372 g/mol. The van der Waals surface area contributed by atoms with Gasteiger partial charge in [-0.2, -0.15) is 0 Å². The van der Waals surface area contributed by atoms with Crippen LogP contribution in [-0.4, -0.2) is 47.3 Å². The minimum Gasteiger partial charge on any atom is -0.325 e. The molecule has 156 valence electrons. The Labute approximate surface area is 170 Å². The number of hydrogen-bond acceptors (Lipinski definition) is 4. The molecule has 0 radical (unpaired) electrons. The maximum absolute atomic E-state index is 12.7. The van der Waals surface area contributed by atoms with Crippen molar-refractivity contribution in [2.75, 3.05) is 23.3 Å². The zero-order valence-corrected chi connectivity index (χ0v) is 17.2.